The predicted octanol–water partition coefficient (Wildman–Crippen LogP) is 2.75. The summed E-state index contributed by atoms with van der Waals surface area (Å²) in [5.74, 6) is 1.00. The lowest BCUT2D eigenvalue weighted by Crippen LogP contribution is -2.39. The molecule has 1 aromatic rings. The molecule has 1 aliphatic heterocycles. The molecule has 0 saturated carbocycles. The number of nitro benzene ring substituents is 1. The van der Waals surface area contributed by atoms with Gasteiger partial charge in [0, 0.05) is 12.6 Å². The molecule has 0 aliphatic carbocycles. The number of benzene rings is 1. The highest BCUT2D eigenvalue weighted by molar-refractivity contribution is 5.64. The van der Waals surface area contributed by atoms with Gasteiger partial charge >= 0.3 is 0 Å². The summed E-state index contributed by atoms with van der Waals surface area (Å²) >= 11 is 0. The van der Waals surface area contributed by atoms with Gasteiger partial charge in [0.1, 0.15) is 11.4 Å². The highest BCUT2D eigenvalue weighted by Crippen LogP contribution is 2.31. The summed E-state index contributed by atoms with van der Waals surface area (Å²) in [6.07, 6.45) is 2.33. The quantitative estimate of drug-likeness (QED) is 0.668. The fourth-order valence-corrected chi connectivity index (χ4v) is 2.89. The number of nitrogens with zero attached hydrogens (tertiary/aromatic N) is 2. The SMILES string of the molecule is COc1ccc(NC(C)C2CCCN(C)C2)c([N+](=O)[O-])c1. The lowest BCUT2D eigenvalue weighted by molar-refractivity contribution is -0.384. The van der Waals surface area contributed by atoms with Crippen molar-refractivity contribution in [1.29, 1.82) is 0 Å². The van der Waals surface area contributed by atoms with Gasteiger partial charge < -0.3 is 15.0 Å². The van der Waals surface area contributed by atoms with E-state index in [2.05, 4.69) is 24.2 Å². The predicted molar refractivity (Wildman–Crippen MR) is 83.0 cm³/mol. The number of hydrogen-bond donors (Lipinski definition) is 1. The number of rotatable bonds is 5. The molecular weight excluding hydrogens is 270 g/mol. The van der Waals surface area contributed by atoms with Crippen LogP contribution >= 0.6 is 0 Å². The van der Waals surface area contributed by atoms with E-state index in [1.165, 1.54) is 19.6 Å². The van der Waals surface area contributed by atoms with Gasteiger partial charge in [0.2, 0.25) is 0 Å². The number of nitrogens with one attached hydrogen (secondary N) is 1. The molecule has 1 fully saturated rings. The highest BCUT2D eigenvalue weighted by atomic mass is 16.6. The third kappa shape index (κ3) is 3.85. The van der Waals surface area contributed by atoms with Gasteiger partial charge in [-0.3, -0.25) is 10.1 Å². The minimum absolute atomic E-state index is 0.0605. The molecule has 6 nitrogen and oxygen atoms in total. The Balaban J connectivity index is 2.12. The Kier molecular flexibility index (Phi) is 5.01. The second-order valence-corrected chi connectivity index (χ2v) is 5.74. The van der Waals surface area contributed by atoms with Crippen molar-refractivity contribution in [3.05, 3.63) is 28.3 Å². The maximum atomic E-state index is 11.2. The zero-order valence-electron chi connectivity index (χ0n) is 12.8. The van der Waals surface area contributed by atoms with E-state index in [-0.39, 0.29) is 16.7 Å². The molecular formula is C15H23N3O3. The van der Waals surface area contributed by atoms with Crippen LogP contribution in [0.3, 0.4) is 0 Å². The molecule has 2 unspecified atom stereocenters. The molecule has 0 bridgehead atoms. The monoisotopic (exact) mass is 293 g/mol. The van der Waals surface area contributed by atoms with E-state index >= 15 is 0 Å². The van der Waals surface area contributed by atoms with Crippen molar-refractivity contribution in [3.8, 4) is 5.75 Å². The molecule has 116 valence electrons. The first kappa shape index (κ1) is 15.6. The van der Waals surface area contributed by atoms with E-state index in [1.54, 1.807) is 12.1 Å². The van der Waals surface area contributed by atoms with Gasteiger partial charge in [-0.1, -0.05) is 0 Å². The van der Waals surface area contributed by atoms with Gasteiger partial charge in [-0.2, -0.15) is 0 Å². The Morgan fingerprint density at radius 2 is 2.29 bits per heavy atom. The number of piperidine rings is 1. The summed E-state index contributed by atoms with van der Waals surface area (Å²) < 4.78 is 5.06. The van der Waals surface area contributed by atoms with E-state index in [1.807, 2.05) is 0 Å². The Labute approximate surface area is 125 Å². The summed E-state index contributed by atoms with van der Waals surface area (Å²) in [5, 5.41) is 14.5. The third-order valence-corrected chi connectivity index (χ3v) is 4.15. The lowest BCUT2D eigenvalue weighted by Gasteiger charge is -2.34. The second-order valence-electron chi connectivity index (χ2n) is 5.74. The molecule has 0 amide bonds. The number of nitro groups is 1. The number of ether oxygens (including phenoxy) is 1. The first-order chi connectivity index (χ1) is 10.0. The van der Waals surface area contributed by atoms with E-state index in [0.29, 0.717) is 17.4 Å². The molecule has 1 aliphatic rings. The molecule has 0 radical (unpaired) electrons. The summed E-state index contributed by atoms with van der Waals surface area (Å²) in [6, 6.07) is 5.12. The van der Waals surface area contributed by atoms with Gasteiger partial charge in [-0.25, -0.2) is 0 Å². The van der Waals surface area contributed by atoms with Crippen molar-refractivity contribution in [3.63, 3.8) is 0 Å². The van der Waals surface area contributed by atoms with Crippen LogP contribution in [0, 0.1) is 16.0 Å². The average Bonchev–Trinajstić information content (AvgIpc) is 2.47. The molecule has 1 heterocycles. The fraction of sp³-hybridized carbons (Fsp3) is 0.600. The van der Waals surface area contributed by atoms with Gasteiger partial charge in [-0.05, 0) is 51.4 Å². The van der Waals surface area contributed by atoms with Crippen LogP contribution in [-0.4, -0.2) is 43.1 Å². The Morgan fingerprint density at radius 3 is 2.90 bits per heavy atom. The summed E-state index contributed by atoms with van der Waals surface area (Å²) in [7, 11) is 3.63. The summed E-state index contributed by atoms with van der Waals surface area (Å²) in [4.78, 5) is 13.1. The van der Waals surface area contributed by atoms with Crippen molar-refractivity contribution in [2.24, 2.45) is 5.92 Å². The Hall–Kier alpha value is -1.82. The molecule has 2 rings (SSSR count). The molecule has 1 saturated heterocycles. The van der Waals surface area contributed by atoms with Crippen LogP contribution in [0.4, 0.5) is 11.4 Å². The third-order valence-electron chi connectivity index (χ3n) is 4.15. The van der Waals surface area contributed by atoms with Crippen LogP contribution in [-0.2, 0) is 0 Å². The van der Waals surface area contributed by atoms with Gasteiger partial charge in [-0.15, -0.1) is 0 Å². The van der Waals surface area contributed by atoms with E-state index in [9.17, 15) is 10.1 Å². The van der Waals surface area contributed by atoms with Gasteiger partial charge in [0.25, 0.3) is 5.69 Å². The lowest BCUT2D eigenvalue weighted by atomic mass is 9.91. The standard InChI is InChI=1S/C15H23N3O3/c1-11(12-5-4-8-17(2)10-12)16-14-7-6-13(21-3)9-15(14)18(19)20/h6-7,9,11-12,16H,4-5,8,10H2,1-3H3. The van der Waals surface area contributed by atoms with E-state index < -0.39 is 0 Å². The summed E-state index contributed by atoms with van der Waals surface area (Å²) in [6.45, 7) is 4.25. The molecule has 0 aromatic heterocycles. The Morgan fingerprint density at radius 1 is 1.52 bits per heavy atom. The molecule has 2 atom stereocenters. The van der Waals surface area contributed by atoms with Crippen LogP contribution in [0.25, 0.3) is 0 Å². The topological polar surface area (TPSA) is 67.6 Å². The number of hydrogen-bond acceptors (Lipinski definition) is 5. The molecule has 6 heteroatoms. The van der Waals surface area contributed by atoms with E-state index in [4.69, 9.17) is 4.74 Å². The Bertz CT molecular complexity index is 507. The summed E-state index contributed by atoms with van der Waals surface area (Å²) in [5.41, 5.74) is 0.617. The zero-order chi connectivity index (χ0) is 15.4. The second kappa shape index (κ2) is 6.76. The molecule has 1 N–H and O–H groups in total. The van der Waals surface area contributed by atoms with Gasteiger partial charge in [0.15, 0.2) is 0 Å². The molecule has 0 spiro atoms. The van der Waals surface area contributed by atoms with Crippen LogP contribution in [0.2, 0.25) is 0 Å². The number of anilines is 1. The van der Waals surface area contributed by atoms with Crippen LogP contribution in [0.15, 0.2) is 18.2 Å². The van der Waals surface area contributed by atoms with Crippen molar-refractivity contribution < 1.29 is 9.66 Å². The minimum atomic E-state index is -0.370. The number of methoxy groups -OCH3 is 1. The minimum Gasteiger partial charge on any atom is -0.496 e. The largest absolute Gasteiger partial charge is 0.496 e. The maximum Gasteiger partial charge on any atom is 0.296 e. The van der Waals surface area contributed by atoms with Crippen LogP contribution < -0.4 is 10.1 Å². The maximum absolute atomic E-state index is 11.2. The van der Waals surface area contributed by atoms with Crippen LogP contribution in [0.5, 0.6) is 5.75 Å². The van der Waals surface area contributed by atoms with Crippen LogP contribution in [0.1, 0.15) is 19.8 Å². The average molecular weight is 293 g/mol. The molecule has 1 aromatic carbocycles. The fourth-order valence-electron chi connectivity index (χ4n) is 2.89. The number of likely N-dealkylation sites (tertiary alicyclic amines) is 1. The van der Waals surface area contributed by atoms with Crippen molar-refractivity contribution >= 4 is 11.4 Å². The normalized spacial score (nSPS) is 20.8. The van der Waals surface area contributed by atoms with Crippen molar-refractivity contribution in [2.75, 3.05) is 32.6 Å². The van der Waals surface area contributed by atoms with Crippen molar-refractivity contribution in [2.45, 2.75) is 25.8 Å². The first-order valence-corrected chi connectivity index (χ1v) is 7.28. The smallest absolute Gasteiger partial charge is 0.296 e. The van der Waals surface area contributed by atoms with Crippen molar-refractivity contribution in [1.82, 2.24) is 4.90 Å². The van der Waals surface area contributed by atoms with Gasteiger partial charge in [0.05, 0.1) is 18.1 Å². The molecule has 21 heavy (non-hydrogen) atoms. The first-order valence-electron chi connectivity index (χ1n) is 7.28. The zero-order valence-corrected chi connectivity index (χ0v) is 12.8. The van der Waals surface area contributed by atoms with E-state index in [0.717, 1.165) is 19.5 Å². The highest BCUT2D eigenvalue weighted by Gasteiger charge is 2.25.